The molecule has 0 radical (unpaired) electrons. The Bertz CT molecular complexity index is 1620. The van der Waals surface area contributed by atoms with Gasteiger partial charge in [0.1, 0.15) is 17.3 Å². The molecule has 0 saturated carbocycles. The minimum absolute atomic E-state index is 0.221. The maximum Gasteiger partial charge on any atom is 0.131 e. The molecule has 0 aliphatic heterocycles. The summed E-state index contributed by atoms with van der Waals surface area (Å²) in [7, 11) is 0. The lowest BCUT2D eigenvalue weighted by Crippen LogP contribution is -1.85. The van der Waals surface area contributed by atoms with E-state index in [1.807, 2.05) is 42.5 Å². The van der Waals surface area contributed by atoms with Crippen molar-refractivity contribution in [2.45, 2.75) is 0 Å². The molecule has 32 heavy (non-hydrogen) atoms. The van der Waals surface area contributed by atoms with Gasteiger partial charge in [-0.15, -0.1) is 0 Å². The first-order chi connectivity index (χ1) is 15.7. The molecule has 0 aliphatic carbocycles. The molecule has 6 aromatic rings. The van der Waals surface area contributed by atoms with E-state index in [1.54, 1.807) is 36.7 Å². The zero-order chi connectivity index (χ0) is 21.7. The number of H-pyrrole nitrogens is 2. The molecule has 0 bridgehead atoms. The van der Waals surface area contributed by atoms with Gasteiger partial charge >= 0.3 is 0 Å². The molecule has 0 atom stereocenters. The van der Waals surface area contributed by atoms with Crippen molar-refractivity contribution in [2.75, 3.05) is 0 Å². The average Bonchev–Trinajstić information content (AvgIpc) is 3.43. The molecule has 0 aliphatic rings. The van der Waals surface area contributed by atoms with Gasteiger partial charge in [-0.3, -0.25) is 10.1 Å². The van der Waals surface area contributed by atoms with E-state index >= 15 is 0 Å². The molecule has 3 heterocycles. The Morgan fingerprint density at radius 3 is 2.50 bits per heavy atom. The lowest BCUT2D eigenvalue weighted by atomic mass is 10.0. The Hall–Kier alpha value is -4.45. The number of benzene rings is 3. The molecular weight excluding hydrogens is 403 g/mol. The third-order valence-electron chi connectivity index (χ3n) is 5.71. The second-order valence-electron chi connectivity index (χ2n) is 7.69. The highest BCUT2D eigenvalue weighted by Crippen LogP contribution is 2.35. The Kier molecular flexibility index (Phi) is 4.04. The van der Waals surface area contributed by atoms with Gasteiger partial charge in [-0.05, 0) is 47.5 Å². The van der Waals surface area contributed by atoms with E-state index in [0.717, 1.165) is 49.9 Å². The second-order valence-corrected chi connectivity index (χ2v) is 7.69. The molecule has 0 spiro atoms. The fourth-order valence-electron chi connectivity index (χ4n) is 4.16. The topological polar surface area (TPSA) is 77.6 Å². The van der Waals surface area contributed by atoms with Crippen LogP contribution in [0, 0.1) is 5.82 Å². The molecule has 0 saturated heterocycles. The van der Waals surface area contributed by atoms with Gasteiger partial charge in [-0.2, -0.15) is 5.10 Å². The summed E-state index contributed by atoms with van der Waals surface area (Å²) in [5.41, 5.74) is 6.40. The highest BCUT2D eigenvalue weighted by Gasteiger charge is 2.16. The van der Waals surface area contributed by atoms with Gasteiger partial charge < -0.3 is 10.1 Å². The number of fused-ring (bicyclic) bond motifs is 2. The zero-order valence-corrected chi connectivity index (χ0v) is 16.8. The predicted molar refractivity (Wildman–Crippen MR) is 124 cm³/mol. The smallest absolute Gasteiger partial charge is 0.131 e. The van der Waals surface area contributed by atoms with Gasteiger partial charge in [0.15, 0.2) is 0 Å². The monoisotopic (exact) mass is 420 g/mol. The number of hydrogen-bond acceptors (Lipinski definition) is 3. The standard InChI is InChI=1S/C26H17FN4O/c27-22-7-2-1-6-18(22)21-13-28-14-25-19(21)12-24(29-25)26-20-11-16(8-9-23(20)30-31-26)15-4-3-5-17(32)10-15/h1-14,29,32H,(H,30,31). The minimum Gasteiger partial charge on any atom is -0.508 e. The zero-order valence-electron chi connectivity index (χ0n) is 16.8. The summed E-state index contributed by atoms with van der Waals surface area (Å²) in [6.45, 7) is 0. The van der Waals surface area contributed by atoms with E-state index in [-0.39, 0.29) is 11.6 Å². The highest BCUT2D eigenvalue weighted by molar-refractivity contribution is 6.01. The SMILES string of the molecule is Oc1cccc(-c2ccc3[nH]nc(-c4cc5c(-c6ccccc6F)cncc5[nH]4)c3c2)c1. The van der Waals surface area contributed by atoms with Crippen LogP contribution >= 0.6 is 0 Å². The summed E-state index contributed by atoms with van der Waals surface area (Å²) in [6, 6.07) is 21.8. The number of nitrogens with zero attached hydrogens (tertiary/aromatic N) is 2. The van der Waals surface area contributed by atoms with Crippen molar-refractivity contribution in [3.63, 3.8) is 0 Å². The third kappa shape index (κ3) is 2.93. The van der Waals surface area contributed by atoms with E-state index < -0.39 is 0 Å². The maximum absolute atomic E-state index is 14.5. The number of aromatic nitrogens is 4. The molecule has 6 heteroatoms. The Morgan fingerprint density at radius 2 is 1.62 bits per heavy atom. The summed E-state index contributed by atoms with van der Waals surface area (Å²) in [4.78, 5) is 7.68. The largest absolute Gasteiger partial charge is 0.508 e. The van der Waals surface area contributed by atoms with Crippen LogP contribution in [0.2, 0.25) is 0 Å². The van der Waals surface area contributed by atoms with Crippen LogP contribution in [0.4, 0.5) is 4.39 Å². The number of nitrogens with one attached hydrogen (secondary N) is 2. The van der Waals surface area contributed by atoms with E-state index in [9.17, 15) is 9.50 Å². The summed E-state index contributed by atoms with van der Waals surface area (Å²) in [5.74, 6) is -0.0654. The van der Waals surface area contributed by atoms with Crippen molar-refractivity contribution in [1.29, 1.82) is 0 Å². The van der Waals surface area contributed by atoms with E-state index in [4.69, 9.17) is 0 Å². The maximum atomic E-state index is 14.5. The average molecular weight is 420 g/mol. The van der Waals surface area contributed by atoms with Crippen molar-refractivity contribution in [3.8, 4) is 39.4 Å². The number of hydrogen-bond donors (Lipinski definition) is 3. The van der Waals surface area contributed by atoms with Gasteiger partial charge in [-0.25, -0.2) is 4.39 Å². The highest BCUT2D eigenvalue weighted by atomic mass is 19.1. The fourth-order valence-corrected chi connectivity index (χ4v) is 4.16. The van der Waals surface area contributed by atoms with E-state index in [1.165, 1.54) is 6.07 Å². The lowest BCUT2D eigenvalue weighted by Gasteiger charge is -2.04. The van der Waals surface area contributed by atoms with Crippen LogP contribution in [0.25, 0.3) is 55.4 Å². The number of halogens is 1. The molecule has 0 amide bonds. The van der Waals surface area contributed by atoms with Crippen LogP contribution in [0.15, 0.2) is 85.2 Å². The van der Waals surface area contributed by atoms with Crippen molar-refractivity contribution in [1.82, 2.24) is 20.2 Å². The lowest BCUT2D eigenvalue weighted by molar-refractivity contribution is 0.475. The molecule has 5 nitrogen and oxygen atoms in total. The van der Waals surface area contributed by atoms with Crippen LogP contribution in [0.1, 0.15) is 0 Å². The number of pyridine rings is 1. The Morgan fingerprint density at radius 1 is 0.750 bits per heavy atom. The first kappa shape index (κ1) is 18.3. The Balaban J connectivity index is 1.52. The summed E-state index contributed by atoms with van der Waals surface area (Å²) in [5, 5.41) is 19.3. The van der Waals surface area contributed by atoms with Crippen molar-refractivity contribution in [3.05, 3.63) is 91.0 Å². The molecule has 154 valence electrons. The molecule has 0 unspecified atom stereocenters. The van der Waals surface area contributed by atoms with Crippen LogP contribution in [-0.2, 0) is 0 Å². The summed E-state index contributed by atoms with van der Waals surface area (Å²) >= 11 is 0. The molecule has 3 N–H and O–H groups in total. The fraction of sp³-hybridized carbons (Fsp3) is 0. The molecule has 0 fully saturated rings. The number of aromatic amines is 2. The van der Waals surface area contributed by atoms with Crippen LogP contribution in [0.3, 0.4) is 0 Å². The minimum atomic E-state index is -0.287. The quantitative estimate of drug-likeness (QED) is 0.315. The third-order valence-corrected chi connectivity index (χ3v) is 5.71. The number of phenols is 1. The first-order valence-corrected chi connectivity index (χ1v) is 10.2. The van der Waals surface area contributed by atoms with Crippen molar-refractivity contribution in [2.24, 2.45) is 0 Å². The van der Waals surface area contributed by atoms with Crippen LogP contribution in [0.5, 0.6) is 5.75 Å². The molecule has 3 aromatic heterocycles. The predicted octanol–water partition coefficient (Wildman–Crippen LogP) is 6.28. The van der Waals surface area contributed by atoms with Crippen LogP contribution in [-0.4, -0.2) is 25.3 Å². The molecule has 6 rings (SSSR count). The summed E-state index contributed by atoms with van der Waals surface area (Å²) in [6.07, 6.45) is 3.41. The first-order valence-electron chi connectivity index (χ1n) is 10.2. The summed E-state index contributed by atoms with van der Waals surface area (Å²) < 4.78 is 14.5. The van der Waals surface area contributed by atoms with Gasteiger partial charge in [0.2, 0.25) is 0 Å². The van der Waals surface area contributed by atoms with Crippen LogP contribution < -0.4 is 0 Å². The molecular formula is C26H17FN4O. The van der Waals surface area contributed by atoms with Gasteiger partial charge in [0.25, 0.3) is 0 Å². The van der Waals surface area contributed by atoms with Gasteiger partial charge in [-0.1, -0.05) is 36.4 Å². The number of rotatable bonds is 3. The van der Waals surface area contributed by atoms with Gasteiger partial charge in [0.05, 0.1) is 22.9 Å². The number of phenolic OH excluding ortho intramolecular Hbond substituents is 1. The second kappa shape index (κ2) is 7.06. The van der Waals surface area contributed by atoms with Crippen molar-refractivity contribution < 1.29 is 9.50 Å². The van der Waals surface area contributed by atoms with Crippen molar-refractivity contribution >= 4 is 21.8 Å². The number of aromatic hydroxyl groups is 1. The van der Waals surface area contributed by atoms with Gasteiger partial charge in [0, 0.05) is 28.1 Å². The molecule has 3 aromatic carbocycles. The Labute approximate surface area is 182 Å². The van der Waals surface area contributed by atoms with E-state index in [0.29, 0.717) is 5.56 Å². The van der Waals surface area contributed by atoms with E-state index in [2.05, 4.69) is 20.2 Å². The normalized spacial score (nSPS) is 11.4.